The predicted molar refractivity (Wildman–Crippen MR) is 60.6 cm³/mol. The summed E-state index contributed by atoms with van der Waals surface area (Å²) < 4.78 is 5.35. The summed E-state index contributed by atoms with van der Waals surface area (Å²) in [6.45, 7) is 0.422. The smallest absolute Gasteiger partial charge is 0.323 e. The molecule has 96 valence electrons. The van der Waals surface area contributed by atoms with Crippen LogP contribution in [0.4, 0.5) is 0 Å². The average molecular weight is 241 g/mol. The summed E-state index contributed by atoms with van der Waals surface area (Å²) in [6, 6.07) is 0.0998. The van der Waals surface area contributed by atoms with Crippen LogP contribution < -0.4 is 0 Å². The minimum Gasteiger partial charge on any atom is -0.480 e. The van der Waals surface area contributed by atoms with E-state index in [2.05, 4.69) is 0 Å². The predicted octanol–water partition coefficient (Wildman–Crippen LogP) is 1.02. The molecule has 5 heteroatoms. The topological polar surface area (TPSA) is 66.8 Å². The molecule has 17 heavy (non-hydrogen) atoms. The van der Waals surface area contributed by atoms with Crippen LogP contribution in [-0.2, 0) is 14.3 Å². The second-order valence-electron chi connectivity index (χ2n) is 4.80. The van der Waals surface area contributed by atoms with Crippen molar-refractivity contribution in [3.8, 4) is 0 Å². The minimum atomic E-state index is -0.941. The zero-order chi connectivity index (χ0) is 12.3. The molecule has 1 aliphatic heterocycles. The molecule has 1 saturated heterocycles. The number of carbonyl (C=O) groups excluding carboxylic acids is 1. The normalized spacial score (nSPS) is 25.1. The van der Waals surface area contributed by atoms with Crippen LogP contribution in [0.25, 0.3) is 0 Å². The molecular weight excluding hydrogens is 222 g/mol. The third-order valence-corrected chi connectivity index (χ3v) is 3.56. The number of amides is 1. The molecule has 0 bridgehead atoms. The average Bonchev–Trinajstić information content (AvgIpc) is 2.96. The van der Waals surface area contributed by atoms with Crippen LogP contribution in [0.1, 0.15) is 38.5 Å². The van der Waals surface area contributed by atoms with Crippen molar-refractivity contribution in [3.63, 3.8) is 0 Å². The summed E-state index contributed by atoms with van der Waals surface area (Å²) in [5, 5.41) is 8.90. The Hall–Kier alpha value is -1.10. The lowest BCUT2D eigenvalue weighted by Crippen LogP contribution is -2.47. The summed E-state index contributed by atoms with van der Waals surface area (Å²) in [4.78, 5) is 24.6. The van der Waals surface area contributed by atoms with E-state index in [1.165, 1.54) is 4.90 Å². The summed E-state index contributed by atoms with van der Waals surface area (Å²) in [5.41, 5.74) is 0. The number of nitrogens with zero attached hydrogens (tertiary/aromatic N) is 1. The third kappa shape index (κ3) is 2.97. The zero-order valence-electron chi connectivity index (χ0n) is 9.93. The largest absolute Gasteiger partial charge is 0.480 e. The Kier molecular flexibility index (Phi) is 3.99. The molecular formula is C12H19NO4. The Morgan fingerprint density at radius 1 is 1.18 bits per heavy atom. The van der Waals surface area contributed by atoms with Crippen molar-refractivity contribution in [2.24, 2.45) is 0 Å². The van der Waals surface area contributed by atoms with Gasteiger partial charge in [0.2, 0.25) is 0 Å². The second kappa shape index (κ2) is 5.49. The molecule has 1 heterocycles. The van der Waals surface area contributed by atoms with Crippen molar-refractivity contribution in [1.29, 1.82) is 0 Å². The minimum absolute atomic E-state index is 0.0998. The third-order valence-electron chi connectivity index (χ3n) is 3.56. The van der Waals surface area contributed by atoms with Gasteiger partial charge in [-0.1, -0.05) is 12.8 Å². The molecule has 2 aliphatic rings. The first-order valence-electron chi connectivity index (χ1n) is 6.32. The fourth-order valence-corrected chi connectivity index (χ4v) is 2.71. The Labute approximate surface area is 101 Å². The van der Waals surface area contributed by atoms with Crippen molar-refractivity contribution >= 4 is 11.9 Å². The first-order chi connectivity index (χ1) is 8.18. The molecule has 0 unspecified atom stereocenters. The van der Waals surface area contributed by atoms with Crippen LogP contribution in [0.3, 0.4) is 0 Å². The molecule has 0 spiro atoms. The van der Waals surface area contributed by atoms with Gasteiger partial charge in [0.15, 0.2) is 0 Å². The van der Waals surface area contributed by atoms with Crippen molar-refractivity contribution < 1.29 is 19.4 Å². The number of carbonyl (C=O) groups is 2. The van der Waals surface area contributed by atoms with E-state index >= 15 is 0 Å². The Bertz CT molecular complexity index is 293. The molecule has 1 atom stereocenters. The first-order valence-corrected chi connectivity index (χ1v) is 6.32. The monoisotopic (exact) mass is 241 g/mol. The summed E-state index contributed by atoms with van der Waals surface area (Å²) in [7, 11) is 0. The number of hydrogen-bond donors (Lipinski definition) is 1. The fraction of sp³-hybridized carbons (Fsp3) is 0.833. The molecule has 0 radical (unpaired) electrons. The molecule has 1 N–H and O–H groups in total. The molecule has 0 aromatic carbocycles. The summed E-state index contributed by atoms with van der Waals surface area (Å²) >= 11 is 0. The van der Waals surface area contributed by atoms with Gasteiger partial charge in [-0.3, -0.25) is 9.59 Å². The summed E-state index contributed by atoms with van der Waals surface area (Å²) in [6.07, 6.45) is 5.22. The molecule has 0 aromatic heterocycles. The zero-order valence-corrected chi connectivity index (χ0v) is 9.93. The van der Waals surface area contributed by atoms with E-state index in [1.54, 1.807) is 0 Å². The highest BCUT2D eigenvalue weighted by Crippen LogP contribution is 2.25. The van der Waals surface area contributed by atoms with Gasteiger partial charge >= 0.3 is 5.97 Å². The first kappa shape index (κ1) is 12.4. The highest BCUT2D eigenvalue weighted by atomic mass is 16.5. The van der Waals surface area contributed by atoms with E-state index in [-0.39, 0.29) is 18.5 Å². The SMILES string of the molecule is O=C(O)CN(C(=O)[C@@H]1CCCO1)C1CCCC1. The van der Waals surface area contributed by atoms with Gasteiger partial charge in [-0.05, 0) is 25.7 Å². The second-order valence-corrected chi connectivity index (χ2v) is 4.80. The maximum Gasteiger partial charge on any atom is 0.323 e. The molecule has 2 fully saturated rings. The number of aliphatic carboxylic acids is 1. The maximum absolute atomic E-state index is 12.2. The molecule has 1 saturated carbocycles. The van der Waals surface area contributed by atoms with Crippen molar-refractivity contribution in [1.82, 2.24) is 4.90 Å². The van der Waals surface area contributed by atoms with Gasteiger partial charge in [0.25, 0.3) is 5.91 Å². The van der Waals surface area contributed by atoms with Crippen LogP contribution in [0, 0.1) is 0 Å². The summed E-state index contributed by atoms with van der Waals surface area (Å²) in [5.74, 6) is -1.07. The number of hydrogen-bond acceptors (Lipinski definition) is 3. The number of carboxylic acids is 1. The van der Waals surface area contributed by atoms with E-state index in [1.807, 2.05) is 0 Å². The van der Waals surface area contributed by atoms with Gasteiger partial charge in [-0.25, -0.2) is 0 Å². The quantitative estimate of drug-likeness (QED) is 0.798. The van der Waals surface area contributed by atoms with Crippen LogP contribution >= 0.6 is 0 Å². The highest BCUT2D eigenvalue weighted by Gasteiger charge is 2.34. The molecule has 5 nitrogen and oxygen atoms in total. The van der Waals surface area contributed by atoms with Crippen LogP contribution in [0.2, 0.25) is 0 Å². The van der Waals surface area contributed by atoms with Crippen molar-refractivity contribution in [2.75, 3.05) is 13.2 Å². The van der Waals surface area contributed by atoms with E-state index in [0.29, 0.717) is 6.61 Å². The molecule has 1 amide bonds. The van der Waals surface area contributed by atoms with Crippen LogP contribution in [0.15, 0.2) is 0 Å². The lowest BCUT2D eigenvalue weighted by molar-refractivity contribution is -0.151. The Morgan fingerprint density at radius 2 is 1.88 bits per heavy atom. The van der Waals surface area contributed by atoms with Crippen molar-refractivity contribution in [3.05, 3.63) is 0 Å². The lowest BCUT2D eigenvalue weighted by atomic mass is 10.1. The van der Waals surface area contributed by atoms with Gasteiger partial charge in [0.1, 0.15) is 12.6 Å². The number of carboxylic acid groups (broad SMARTS) is 1. The molecule has 0 aromatic rings. The maximum atomic E-state index is 12.2. The molecule has 1 aliphatic carbocycles. The van der Waals surface area contributed by atoms with E-state index in [9.17, 15) is 9.59 Å². The lowest BCUT2D eigenvalue weighted by Gasteiger charge is -2.29. The van der Waals surface area contributed by atoms with Gasteiger partial charge in [0, 0.05) is 12.6 Å². The van der Waals surface area contributed by atoms with Gasteiger partial charge in [0.05, 0.1) is 0 Å². The van der Waals surface area contributed by atoms with E-state index < -0.39 is 12.1 Å². The number of rotatable bonds is 4. The van der Waals surface area contributed by atoms with Crippen LogP contribution in [0.5, 0.6) is 0 Å². The van der Waals surface area contributed by atoms with Crippen molar-refractivity contribution in [2.45, 2.75) is 50.7 Å². The highest BCUT2D eigenvalue weighted by molar-refractivity contribution is 5.85. The standard InChI is InChI=1S/C12H19NO4/c14-11(15)8-13(9-4-1-2-5-9)12(16)10-6-3-7-17-10/h9-10H,1-8H2,(H,14,15)/t10-/m0/s1. The fourth-order valence-electron chi connectivity index (χ4n) is 2.71. The van der Waals surface area contributed by atoms with E-state index in [0.717, 1.165) is 38.5 Å². The van der Waals surface area contributed by atoms with Gasteiger partial charge in [-0.15, -0.1) is 0 Å². The van der Waals surface area contributed by atoms with Gasteiger partial charge < -0.3 is 14.7 Å². The van der Waals surface area contributed by atoms with Crippen LogP contribution in [-0.4, -0.2) is 47.2 Å². The Balaban J connectivity index is 2.02. The van der Waals surface area contributed by atoms with Gasteiger partial charge in [-0.2, -0.15) is 0 Å². The van der Waals surface area contributed by atoms with E-state index in [4.69, 9.17) is 9.84 Å². The Morgan fingerprint density at radius 3 is 2.41 bits per heavy atom. The number of ether oxygens (including phenoxy) is 1. The molecule has 2 rings (SSSR count).